The van der Waals surface area contributed by atoms with Gasteiger partial charge >= 0.3 is 11.6 Å². The van der Waals surface area contributed by atoms with Gasteiger partial charge in [0.1, 0.15) is 43.4 Å². The summed E-state index contributed by atoms with van der Waals surface area (Å²) >= 11 is 3.30. The van der Waals surface area contributed by atoms with Crippen LogP contribution in [0.25, 0.3) is 0 Å². The number of nitro groups is 2. The fourth-order valence-corrected chi connectivity index (χ4v) is 5.77. The van der Waals surface area contributed by atoms with Crippen molar-refractivity contribution in [2.75, 3.05) is 13.3 Å². The topological polar surface area (TPSA) is 148 Å². The second-order valence-electron chi connectivity index (χ2n) is 9.40. The van der Waals surface area contributed by atoms with E-state index in [1.54, 1.807) is 33.2 Å². The lowest BCUT2D eigenvalue weighted by atomic mass is 10.1. The van der Waals surface area contributed by atoms with E-state index in [4.69, 9.17) is 9.47 Å². The van der Waals surface area contributed by atoms with Gasteiger partial charge in [0.15, 0.2) is 0 Å². The maximum atomic E-state index is 13.6. The fraction of sp³-hybridized carbons (Fsp3) is 0.214. The second-order valence-corrected chi connectivity index (χ2v) is 13.4. The first kappa shape index (κ1) is 33.2. The predicted octanol–water partition coefficient (Wildman–Crippen LogP) is 7.55. The Balaban J connectivity index is 0.000000238. The molecular formula is C28H26BrF2N4O7P. The zero-order chi connectivity index (χ0) is 31.9. The van der Waals surface area contributed by atoms with Gasteiger partial charge in [0.05, 0.1) is 0 Å². The van der Waals surface area contributed by atoms with Crippen molar-refractivity contribution >= 4 is 40.0 Å². The lowest BCUT2D eigenvalue weighted by Crippen LogP contribution is -2.17. The Bertz CT molecular complexity index is 1690. The van der Waals surface area contributed by atoms with Crippen molar-refractivity contribution < 1.29 is 32.7 Å². The van der Waals surface area contributed by atoms with Gasteiger partial charge in [-0.25, -0.2) is 8.78 Å². The Hall–Kier alpha value is -4.29. The van der Waals surface area contributed by atoms with E-state index in [-0.39, 0.29) is 17.3 Å². The number of halogens is 3. The molecule has 2 unspecified atom stereocenters. The molecule has 0 aliphatic carbocycles. The summed E-state index contributed by atoms with van der Waals surface area (Å²) in [4.78, 5) is 27.9. The van der Waals surface area contributed by atoms with Crippen LogP contribution in [0.2, 0.25) is 0 Å². The average Bonchev–Trinajstić information content (AvgIpc) is 2.94. The molecule has 0 saturated carbocycles. The number of ether oxygens (including phenoxy) is 2. The molecule has 0 radical (unpaired) electrons. The fourth-order valence-electron chi connectivity index (χ4n) is 3.90. The Kier molecular flexibility index (Phi) is 11.0. The van der Waals surface area contributed by atoms with E-state index < -0.39 is 46.6 Å². The van der Waals surface area contributed by atoms with Crippen LogP contribution in [-0.2, 0) is 4.57 Å². The molecule has 15 heteroatoms. The molecule has 0 spiro atoms. The molecule has 0 aliphatic heterocycles. The highest BCUT2D eigenvalue weighted by Crippen LogP contribution is 2.39. The number of aromatic nitrogens is 2. The third-order valence-electron chi connectivity index (χ3n) is 5.86. The summed E-state index contributed by atoms with van der Waals surface area (Å²) in [6.45, 7) is 6.44. The normalized spacial score (nSPS) is 12.3. The third-order valence-corrected chi connectivity index (χ3v) is 8.15. The Morgan fingerprint density at radius 2 is 1.23 bits per heavy atom. The molecule has 0 N–H and O–H groups in total. The zero-order valence-corrected chi connectivity index (χ0v) is 25.8. The first-order valence-corrected chi connectivity index (χ1v) is 15.9. The highest BCUT2D eigenvalue weighted by Gasteiger charge is 2.24. The highest BCUT2D eigenvalue weighted by molar-refractivity contribution is 9.10. The van der Waals surface area contributed by atoms with Gasteiger partial charge in [-0.15, -0.1) is 0 Å². The zero-order valence-electron chi connectivity index (χ0n) is 23.3. The third kappa shape index (κ3) is 8.85. The minimum Gasteiger partial charge on any atom is -0.478 e. The molecule has 0 aliphatic rings. The van der Waals surface area contributed by atoms with Crippen molar-refractivity contribution in [2.24, 2.45) is 0 Å². The van der Waals surface area contributed by atoms with Crippen molar-refractivity contribution in [1.29, 1.82) is 0 Å². The van der Waals surface area contributed by atoms with Crippen molar-refractivity contribution in [1.82, 2.24) is 9.97 Å². The van der Waals surface area contributed by atoms with Gasteiger partial charge in [-0.2, -0.15) is 0 Å². The quantitative estimate of drug-likeness (QED) is 0.0994. The molecule has 0 bridgehead atoms. The first-order chi connectivity index (χ1) is 20.2. The lowest BCUT2D eigenvalue weighted by Gasteiger charge is -2.20. The minimum atomic E-state index is -2.66. The van der Waals surface area contributed by atoms with E-state index in [1.165, 1.54) is 67.0 Å². The van der Waals surface area contributed by atoms with E-state index >= 15 is 0 Å². The summed E-state index contributed by atoms with van der Waals surface area (Å²) in [5.74, 6) is -1.67. The van der Waals surface area contributed by atoms with E-state index in [0.29, 0.717) is 20.9 Å². The van der Waals surface area contributed by atoms with Gasteiger partial charge < -0.3 is 34.3 Å². The second kappa shape index (κ2) is 14.3. The molecule has 226 valence electrons. The molecule has 4 aromatic rings. The summed E-state index contributed by atoms with van der Waals surface area (Å²) in [5, 5.41) is 22.3. The standard InChI is InChI=1S/C15H16FN2O4P.C13H10BrFN2O3/c1-10(22-13-5-4-8-17-15(13)18(19)20)12-9-11(16)6-7-14(12)23(2,3)21;1-8(10-7-9(15)4-5-11(10)14)20-12-3-2-6-16-13(12)17(18)19/h4-10H,1-3H3;2-8H,1H3. The van der Waals surface area contributed by atoms with Gasteiger partial charge in [-0.05, 0) is 108 Å². The Morgan fingerprint density at radius 1 is 0.791 bits per heavy atom. The molecule has 2 aromatic heterocycles. The smallest absolute Gasteiger partial charge is 0.406 e. The van der Waals surface area contributed by atoms with Crippen molar-refractivity contribution in [3.63, 3.8) is 0 Å². The van der Waals surface area contributed by atoms with Crippen LogP contribution < -0.4 is 14.8 Å². The number of benzene rings is 2. The molecule has 0 amide bonds. The van der Waals surface area contributed by atoms with Crippen LogP contribution in [0.3, 0.4) is 0 Å². The molecule has 2 atom stereocenters. The number of hydrogen-bond acceptors (Lipinski definition) is 9. The van der Waals surface area contributed by atoms with Crippen molar-refractivity contribution in [3.8, 4) is 11.5 Å². The van der Waals surface area contributed by atoms with E-state index in [0.717, 1.165) is 0 Å². The monoisotopic (exact) mass is 678 g/mol. The van der Waals surface area contributed by atoms with Crippen molar-refractivity contribution in [2.45, 2.75) is 26.1 Å². The van der Waals surface area contributed by atoms with Crippen LogP contribution in [0.1, 0.15) is 37.2 Å². The maximum Gasteiger partial charge on any atom is 0.406 e. The number of nitrogens with zero attached hydrogens (tertiary/aromatic N) is 4. The van der Waals surface area contributed by atoms with Gasteiger partial charge in [0.25, 0.3) is 0 Å². The molecule has 2 aromatic carbocycles. The summed E-state index contributed by atoms with van der Waals surface area (Å²) in [5.41, 5.74) is 0.958. The van der Waals surface area contributed by atoms with Crippen LogP contribution in [0, 0.1) is 31.9 Å². The number of pyridine rings is 2. The highest BCUT2D eigenvalue weighted by atomic mass is 79.9. The maximum absolute atomic E-state index is 13.6. The SMILES string of the molecule is CC(Oc1cccnc1[N+](=O)[O-])c1cc(F)ccc1Br.CC(Oc1cccnc1[N+](=O)[O-])c1cc(F)ccc1P(C)(C)=O. The van der Waals surface area contributed by atoms with Crippen LogP contribution >= 0.6 is 23.1 Å². The molecular weight excluding hydrogens is 653 g/mol. The van der Waals surface area contributed by atoms with Crippen LogP contribution in [0.15, 0.2) is 77.5 Å². The summed E-state index contributed by atoms with van der Waals surface area (Å²) in [6.07, 6.45) is 1.31. The summed E-state index contributed by atoms with van der Waals surface area (Å²) < 4.78 is 51.0. The van der Waals surface area contributed by atoms with Crippen LogP contribution in [0.4, 0.5) is 20.4 Å². The molecule has 0 saturated heterocycles. The van der Waals surface area contributed by atoms with Gasteiger partial charge in [-0.1, -0.05) is 15.9 Å². The first-order valence-electron chi connectivity index (χ1n) is 12.5. The molecule has 0 fully saturated rings. The number of hydrogen-bond donors (Lipinski definition) is 0. The van der Waals surface area contributed by atoms with Gasteiger partial charge in [0.2, 0.25) is 11.5 Å². The van der Waals surface area contributed by atoms with Crippen molar-refractivity contribution in [3.05, 3.63) is 121 Å². The molecule has 11 nitrogen and oxygen atoms in total. The van der Waals surface area contributed by atoms with E-state index in [1.807, 2.05) is 0 Å². The van der Waals surface area contributed by atoms with E-state index in [9.17, 15) is 33.6 Å². The molecule has 4 rings (SSSR count). The molecule has 43 heavy (non-hydrogen) atoms. The lowest BCUT2D eigenvalue weighted by molar-refractivity contribution is -0.390. The number of rotatable bonds is 9. The van der Waals surface area contributed by atoms with Gasteiger partial charge in [0, 0.05) is 20.9 Å². The van der Waals surface area contributed by atoms with Gasteiger partial charge in [-0.3, -0.25) is 0 Å². The predicted molar refractivity (Wildman–Crippen MR) is 159 cm³/mol. The summed E-state index contributed by atoms with van der Waals surface area (Å²) in [6, 6.07) is 14.0. The minimum absolute atomic E-state index is 0.0257. The molecule has 2 heterocycles. The average molecular weight is 679 g/mol. The largest absolute Gasteiger partial charge is 0.478 e. The Morgan fingerprint density at radius 3 is 1.70 bits per heavy atom. The van der Waals surface area contributed by atoms with E-state index in [2.05, 4.69) is 25.9 Å². The Labute approximate surface area is 253 Å². The van der Waals surface area contributed by atoms with Crippen LogP contribution in [0.5, 0.6) is 11.5 Å². The van der Waals surface area contributed by atoms with Crippen LogP contribution in [-0.4, -0.2) is 33.1 Å². The summed E-state index contributed by atoms with van der Waals surface area (Å²) in [7, 11) is -2.66.